The standard InChI is InChI=1S/C10H14ClNO4/c1-13-8-4-7(11)9(14-2)6(5-16-12)10(8)15-3/h4H,5,12H2,1-3H3. The molecule has 1 aromatic rings. The zero-order valence-corrected chi connectivity index (χ0v) is 10.1. The van der Waals surface area contributed by atoms with Crippen LogP contribution in [0.1, 0.15) is 5.56 Å². The van der Waals surface area contributed by atoms with E-state index in [0.717, 1.165) is 0 Å². The summed E-state index contributed by atoms with van der Waals surface area (Å²) in [7, 11) is 4.55. The Morgan fingerprint density at radius 1 is 1.12 bits per heavy atom. The first kappa shape index (κ1) is 12.9. The first-order chi connectivity index (χ1) is 7.69. The van der Waals surface area contributed by atoms with Gasteiger partial charge < -0.3 is 14.2 Å². The molecule has 0 heterocycles. The molecule has 0 radical (unpaired) electrons. The number of hydrogen-bond donors (Lipinski definition) is 1. The Morgan fingerprint density at radius 2 is 1.75 bits per heavy atom. The summed E-state index contributed by atoms with van der Waals surface area (Å²) in [5.74, 6) is 6.51. The minimum atomic E-state index is 0.114. The average Bonchev–Trinajstić information content (AvgIpc) is 2.29. The highest BCUT2D eigenvalue weighted by molar-refractivity contribution is 6.32. The highest BCUT2D eigenvalue weighted by Crippen LogP contribution is 2.42. The third-order valence-electron chi connectivity index (χ3n) is 2.10. The monoisotopic (exact) mass is 247 g/mol. The number of hydrogen-bond acceptors (Lipinski definition) is 5. The lowest BCUT2D eigenvalue weighted by molar-refractivity contribution is 0.119. The van der Waals surface area contributed by atoms with Crippen LogP contribution in [0, 0.1) is 0 Å². The van der Waals surface area contributed by atoms with Gasteiger partial charge in [-0.05, 0) is 0 Å². The molecule has 1 aromatic carbocycles. The summed E-state index contributed by atoms with van der Waals surface area (Å²) in [6, 6.07) is 1.61. The lowest BCUT2D eigenvalue weighted by atomic mass is 10.1. The SMILES string of the molecule is COc1cc(Cl)c(OC)c(CON)c1OC. The molecular formula is C10H14ClNO4. The summed E-state index contributed by atoms with van der Waals surface area (Å²) in [6.07, 6.45) is 0. The van der Waals surface area contributed by atoms with Crippen molar-refractivity contribution < 1.29 is 19.0 Å². The van der Waals surface area contributed by atoms with Crippen molar-refractivity contribution in [1.82, 2.24) is 0 Å². The van der Waals surface area contributed by atoms with Gasteiger partial charge in [0.15, 0.2) is 11.5 Å². The average molecular weight is 248 g/mol. The molecule has 16 heavy (non-hydrogen) atoms. The second-order valence-electron chi connectivity index (χ2n) is 2.92. The molecule has 0 aliphatic rings. The van der Waals surface area contributed by atoms with Gasteiger partial charge in [-0.2, -0.15) is 0 Å². The number of ether oxygens (including phenoxy) is 3. The zero-order valence-electron chi connectivity index (χ0n) is 9.37. The maximum Gasteiger partial charge on any atom is 0.170 e. The number of nitrogens with two attached hydrogens (primary N) is 1. The highest BCUT2D eigenvalue weighted by atomic mass is 35.5. The van der Waals surface area contributed by atoms with Crippen LogP contribution in [0.4, 0.5) is 0 Å². The van der Waals surface area contributed by atoms with Gasteiger partial charge >= 0.3 is 0 Å². The van der Waals surface area contributed by atoms with E-state index < -0.39 is 0 Å². The molecule has 2 N–H and O–H groups in total. The first-order valence-electron chi connectivity index (χ1n) is 4.48. The van der Waals surface area contributed by atoms with E-state index in [9.17, 15) is 0 Å². The van der Waals surface area contributed by atoms with Gasteiger partial charge in [-0.1, -0.05) is 11.6 Å². The quantitative estimate of drug-likeness (QED) is 0.804. The molecule has 0 aliphatic heterocycles. The Morgan fingerprint density at radius 3 is 2.19 bits per heavy atom. The van der Waals surface area contributed by atoms with E-state index in [4.69, 9.17) is 31.7 Å². The first-order valence-corrected chi connectivity index (χ1v) is 4.86. The van der Waals surface area contributed by atoms with Crippen LogP contribution in [-0.4, -0.2) is 21.3 Å². The normalized spacial score (nSPS) is 10.1. The number of methoxy groups -OCH3 is 3. The van der Waals surface area contributed by atoms with E-state index in [1.165, 1.54) is 21.3 Å². The van der Waals surface area contributed by atoms with Gasteiger partial charge in [-0.3, -0.25) is 4.84 Å². The Balaban J connectivity index is 3.40. The van der Waals surface area contributed by atoms with Crippen LogP contribution < -0.4 is 20.1 Å². The Labute approximate surface area is 98.9 Å². The van der Waals surface area contributed by atoms with Crippen molar-refractivity contribution in [3.63, 3.8) is 0 Å². The number of rotatable bonds is 5. The minimum Gasteiger partial charge on any atom is -0.495 e. The molecule has 0 saturated heterocycles. The van der Waals surface area contributed by atoms with Gasteiger partial charge in [0.1, 0.15) is 12.4 Å². The third kappa shape index (κ3) is 2.32. The molecule has 90 valence electrons. The van der Waals surface area contributed by atoms with Crippen LogP contribution in [0.5, 0.6) is 17.2 Å². The fraction of sp³-hybridized carbons (Fsp3) is 0.400. The van der Waals surface area contributed by atoms with Crippen LogP contribution in [-0.2, 0) is 11.4 Å². The summed E-state index contributed by atoms with van der Waals surface area (Å²) in [4.78, 5) is 4.59. The molecule has 0 bridgehead atoms. The third-order valence-corrected chi connectivity index (χ3v) is 2.38. The van der Waals surface area contributed by atoms with Crippen molar-refractivity contribution >= 4 is 11.6 Å². The molecule has 6 heteroatoms. The lowest BCUT2D eigenvalue weighted by Gasteiger charge is -2.16. The molecule has 0 saturated carbocycles. The van der Waals surface area contributed by atoms with Crippen molar-refractivity contribution in [2.75, 3.05) is 21.3 Å². The molecule has 0 spiro atoms. The predicted molar refractivity (Wildman–Crippen MR) is 60.1 cm³/mol. The van der Waals surface area contributed by atoms with Crippen molar-refractivity contribution in [1.29, 1.82) is 0 Å². The molecule has 0 aromatic heterocycles. The molecule has 0 fully saturated rings. The second kappa shape index (κ2) is 5.79. The smallest absolute Gasteiger partial charge is 0.170 e. The lowest BCUT2D eigenvalue weighted by Crippen LogP contribution is -2.05. The second-order valence-corrected chi connectivity index (χ2v) is 3.32. The van der Waals surface area contributed by atoms with Gasteiger partial charge in [0.05, 0.1) is 31.9 Å². The van der Waals surface area contributed by atoms with E-state index in [-0.39, 0.29) is 6.61 Å². The Bertz CT molecular complexity index is 370. The van der Waals surface area contributed by atoms with Crippen LogP contribution in [0.3, 0.4) is 0 Å². The summed E-state index contributed by atoms with van der Waals surface area (Å²) < 4.78 is 15.5. The maximum atomic E-state index is 6.02. The van der Waals surface area contributed by atoms with E-state index in [0.29, 0.717) is 27.8 Å². The minimum absolute atomic E-state index is 0.114. The molecule has 5 nitrogen and oxygen atoms in total. The number of benzene rings is 1. The molecular weight excluding hydrogens is 234 g/mol. The summed E-state index contributed by atoms with van der Waals surface area (Å²) in [6.45, 7) is 0.114. The van der Waals surface area contributed by atoms with E-state index in [1.54, 1.807) is 6.07 Å². The van der Waals surface area contributed by atoms with Crippen molar-refractivity contribution in [2.24, 2.45) is 5.90 Å². The van der Waals surface area contributed by atoms with Crippen molar-refractivity contribution in [3.8, 4) is 17.2 Å². The molecule has 0 aliphatic carbocycles. The summed E-state index contributed by atoms with van der Waals surface area (Å²) >= 11 is 6.02. The summed E-state index contributed by atoms with van der Waals surface area (Å²) in [5.41, 5.74) is 0.608. The molecule has 1 rings (SSSR count). The molecule has 0 amide bonds. The fourth-order valence-corrected chi connectivity index (χ4v) is 1.74. The van der Waals surface area contributed by atoms with Gasteiger partial charge in [0.2, 0.25) is 0 Å². The molecule has 0 unspecified atom stereocenters. The van der Waals surface area contributed by atoms with Crippen LogP contribution >= 0.6 is 11.6 Å². The number of halogens is 1. The predicted octanol–water partition coefficient (Wildman–Crippen LogP) is 1.76. The van der Waals surface area contributed by atoms with Gasteiger partial charge in [-0.25, -0.2) is 5.90 Å². The largest absolute Gasteiger partial charge is 0.495 e. The van der Waals surface area contributed by atoms with E-state index in [1.807, 2.05) is 0 Å². The van der Waals surface area contributed by atoms with Crippen molar-refractivity contribution in [3.05, 3.63) is 16.7 Å². The van der Waals surface area contributed by atoms with Gasteiger partial charge in [-0.15, -0.1) is 0 Å². The van der Waals surface area contributed by atoms with E-state index >= 15 is 0 Å². The highest BCUT2D eigenvalue weighted by Gasteiger charge is 2.19. The van der Waals surface area contributed by atoms with Gasteiger partial charge in [0, 0.05) is 6.07 Å². The molecule has 0 atom stereocenters. The Hall–Kier alpha value is -1.17. The maximum absolute atomic E-state index is 6.02. The van der Waals surface area contributed by atoms with Gasteiger partial charge in [0.25, 0.3) is 0 Å². The Kier molecular flexibility index (Phi) is 4.67. The van der Waals surface area contributed by atoms with Crippen LogP contribution in [0.25, 0.3) is 0 Å². The van der Waals surface area contributed by atoms with Crippen molar-refractivity contribution in [2.45, 2.75) is 6.61 Å². The topological polar surface area (TPSA) is 62.9 Å². The zero-order chi connectivity index (χ0) is 12.1. The van der Waals surface area contributed by atoms with E-state index in [2.05, 4.69) is 4.84 Å². The summed E-state index contributed by atoms with van der Waals surface area (Å²) in [5, 5.41) is 0.409. The fourth-order valence-electron chi connectivity index (χ4n) is 1.45. The van der Waals surface area contributed by atoms with Crippen LogP contribution in [0.2, 0.25) is 5.02 Å². The van der Waals surface area contributed by atoms with Crippen LogP contribution in [0.15, 0.2) is 6.07 Å².